The van der Waals surface area contributed by atoms with Crippen LogP contribution < -0.4 is 5.32 Å². The number of carbonyl (C=O) groups is 1. The number of morpholine rings is 1. The third-order valence-electron chi connectivity index (χ3n) is 5.63. The second-order valence-electron chi connectivity index (χ2n) is 7.60. The van der Waals surface area contributed by atoms with Gasteiger partial charge in [-0.3, -0.25) is 9.48 Å². The molecule has 6 nitrogen and oxygen atoms in total. The Kier molecular flexibility index (Phi) is 6.06. The second-order valence-corrected chi connectivity index (χ2v) is 7.60. The lowest BCUT2D eigenvalue weighted by Crippen LogP contribution is -2.41. The number of nitrogens with one attached hydrogen (secondary N) is 1. The van der Waals surface area contributed by atoms with E-state index in [-0.39, 0.29) is 17.8 Å². The number of aromatic nitrogens is 2. The van der Waals surface area contributed by atoms with Crippen molar-refractivity contribution in [3.63, 3.8) is 0 Å². The second kappa shape index (κ2) is 8.88. The number of allylic oxidation sites excluding steroid dienone is 1. The summed E-state index contributed by atoms with van der Waals surface area (Å²) in [6, 6.07) is 6.87. The third-order valence-corrected chi connectivity index (χ3v) is 5.63. The quantitative estimate of drug-likeness (QED) is 0.759. The number of fused-ring (bicyclic) bond motifs is 1. The molecule has 1 aromatic carbocycles. The number of hydrogen-bond acceptors (Lipinski definition) is 4. The smallest absolute Gasteiger partial charge is 0.274 e. The standard InChI is InChI=1S/C22H27FN4O2/c1-2-8-27-20-7-6-18(24-15-16-4-3-5-17(23)13-16)14-19(20)21(25-27)22(28)26-9-11-29-12-10-26/h2-5,13,18,24H,1,6-12,14-15H2. The number of ether oxygens (including phenoxy) is 1. The van der Waals surface area contributed by atoms with Crippen LogP contribution in [0.5, 0.6) is 0 Å². The molecule has 0 spiro atoms. The average molecular weight is 398 g/mol. The maximum Gasteiger partial charge on any atom is 0.274 e. The number of halogens is 1. The first-order valence-electron chi connectivity index (χ1n) is 10.2. The number of benzene rings is 1. The van der Waals surface area contributed by atoms with Crippen molar-refractivity contribution in [3.8, 4) is 0 Å². The van der Waals surface area contributed by atoms with Crippen molar-refractivity contribution in [2.75, 3.05) is 26.3 Å². The number of amides is 1. The minimum Gasteiger partial charge on any atom is -0.378 e. The first-order chi connectivity index (χ1) is 14.2. The molecule has 1 aliphatic carbocycles. The van der Waals surface area contributed by atoms with Gasteiger partial charge in [0.25, 0.3) is 5.91 Å². The fourth-order valence-electron chi connectivity index (χ4n) is 4.13. The molecule has 1 N–H and O–H groups in total. The van der Waals surface area contributed by atoms with Gasteiger partial charge < -0.3 is 15.0 Å². The molecular weight excluding hydrogens is 371 g/mol. The molecule has 1 amide bonds. The zero-order valence-corrected chi connectivity index (χ0v) is 16.6. The van der Waals surface area contributed by atoms with E-state index in [1.165, 1.54) is 6.07 Å². The Morgan fingerprint density at radius 1 is 1.38 bits per heavy atom. The number of hydrogen-bond donors (Lipinski definition) is 1. The molecule has 4 rings (SSSR count). The van der Waals surface area contributed by atoms with Crippen molar-refractivity contribution in [2.24, 2.45) is 0 Å². The van der Waals surface area contributed by atoms with Crippen molar-refractivity contribution < 1.29 is 13.9 Å². The van der Waals surface area contributed by atoms with Gasteiger partial charge in [0, 0.05) is 36.9 Å². The molecule has 1 unspecified atom stereocenters. The number of nitrogens with zero attached hydrogens (tertiary/aromatic N) is 3. The van der Waals surface area contributed by atoms with E-state index in [1.54, 1.807) is 12.1 Å². The molecule has 1 aromatic heterocycles. The van der Waals surface area contributed by atoms with Gasteiger partial charge in [0.15, 0.2) is 5.69 Å². The predicted octanol–water partition coefficient (Wildman–Crippen LogP) is 2.33. The Hall–Kier alpha value is -2.51. The number of rotatable bonds is 6. The van der Waals surface area contributed by atoms with Gasteiger partial charge in [-0.05, 0) is 37.0 Å². The molecule has 29 heavy (non-hydrogen) atoms. The Morgan fingerprint density at radius 2 is 2.21 bits per heavy atom. The molecule has 2 aromatic rings. The SMILES string of the molecule is C=CCn1nc(C(=O)N2CCOCC2)c2c1CCC(NCc1cccc(F)c1)C2. The van der Waals surface area contributed by atoms with Crippen LogP contribution in [0.3, 0.4) is 0 Å². The van der Waals surface area contributed by atoms with Gasteiger partial charge >= 0.3 is 0 Å². The minimum atomic E-state index is -0.223. The lowest BCUT2D eigenvalue weighted by molar-refractivity contribution is 0.0297. The highest BCUT2D eigenvalue weighted by atomic mass is 19.1. The summed E-state index contributed by atoms with van der Waals surface area (Å²) in [7, 11) is 0. The van der Waals surface area contributed by atoms with Crippen molar-refractivity contribution in [3.05, 3.63) is 65.3 Å². The summed E-state index contributed by atoms with van der Waals surface area (Å²) >= 11 is 0. The highest BCUT2D eigenvalue weighted by Crippen LogP contribution is 2.26. The molecule has 1 saturated heterocycles. The van der Waals surface area contributed by atoms with Gasteiger partial charge in [-0.25, -0.2) is 4.39 Å². The maximum absolute atomic E-state index is 13.4. The lowest BCUT2D eigenvalue weighted by Gasteiger charge is -2.28. The Morgan fingerprint density at radius 3 is 2.97 bits per heavy atom. The van der Waals surface area contributed by atoms with Gasteiger partial charge in [-0.2, -0.15) is 5.10 Å². The molecular formula is C22H27FN4O2. The average Bonchev–Trinajstić information content (AvgIpc) is 3.10. The van der Waals surface area contributed by atoms with Crippen LogP contribution in [0.4, 0.5) is 4.39 Å². The van der Waals surface area contributed by atoms with Crippen LogP contribution in [0, 0.1) is 5.82 Å². The van der Waals surface area contributed by atoms with Gasteiger partial charge in [0.05, 0.1) is 19.8 Å². The van der Waals surface area contributed by atoms with E-state index < -0.39 is 0 Å². The van der Waals surface area contributed by atoms with Gasteiger partial charge in [-0.15, -0.1) is 6.58 Å². The first-order valence-corrected chi connectivity index (χ1v) is 10.2. The van der Waals surface area contributed by atoms with E-state index >= 15 is 0 Å². The van der Waals surface area contributed by atoms with Crippen LogP contribution in [0.1, 0.15) is 33.7 Å². The molecule has 0 bridgehead atoms. The molecule has 1 fully saturated rings. The van der Waals surface area contributed by atoms with Crippen molar-refractivity contribution >= 4 is 5.91 Å². The predicted molar refractivity (Wildman–Crippen MR) is 108 cm³/mol. The molecule has 2 heterocycles. The van der Waals surface area contributed by atoms with E-state index in [9.17, 15) is 9.18 Å². The zero-order valence-electron chi connectivity index (χ0n) is 16.6. The van der Waals surface area contributed by atoms with Crippen molar-refractivity contribution in [2.45, 2.75) is 38.4 Å². The first kappa shape index (κ1) is 19.8. The normalized spacial score (nSPS) is 19.1. The molecule has 0 radical (unpaired) electrons. The fourth-order valence-corrected chi connectivity index (χ4v) is 4.13. The minimum absolute atomic E-state index is 0.0156. The van der Waals surface area contributed by atoms with Gasteiger partial charge in [0.2, 0.25) is 0 Å². The summed E-state index contributed by atoms with van der Waals surface area (Å²) in [4.78, 5) is 14.9. The zero-order chi connectivity index (χ0) is 20.2. The maximum atomic E-state index is 13.4. The largest absolute Gasteiger partial charge is 0.378 e. The fraction of sp³-hybridized carbons (Fsp3) is 0.455. The summed E-state index contributed by atoms with van der Waals surface area (Å²) in [5.74, 6) is -0.238. The summed E-state index contributed by atoms with van der Waals surface area (Å²) < 4.78 is 20.7. The summed E-state index contributed by atoms with van der Waals surface area (Å²) in [6.07, 6.45) is 4.36. The molecule has 1 aliphatic heterocycles. The van der Waals surface area contributed by atoms with E-state index in [4.69, 9.17) is 4.74 Å². The Balaban J connectivity index is 1.52. The summed E-state index contributed by atoms with van der Waals surface area (Å²) in [6.45, 7) is 7.36. The van der Waals surface area contributed by atoms with Crippen LogP contribution in [-0.2, 0) is 30.7 Å². The van der Waals surface area contributed by atoms with E-state index in [2.05, 4.69) is 17.0 Å². The van der Waals surface area contributed by atoms with Gasteiger partial charge in [0.1, 0.15) is 5.82 Å². The van der Waals surface area contributed by atoms with Crippen LogP contribution in [0.2, 0.25) is 0 Å². The Bertz CT molecular complexity index is 889. The van der Waals surface area contributed by atoms with Crippen molar-refractivity contribution in [1.29, 1.82) is 0 Å². The monoisotopic (exact) mass is 398 g/mol. The van der Waals surface area contributed by atoms with E-state index in [1.807, 2.05) is 21.7 Å². The topological polar surface area (TPSA) is 59.4 Å². The van der Waals surface area contributed by atoms with Crippen LogP contribution >= 0.6 is 0 Å². The summed E-state index contributed by atoms with van der Waals surface area (Å²) in [5.41, 5.74) is 3.64. The van der Waals surface area contributed by atoms with Crippen LogP contribution in [0.25, 0.3) is 0 Å². The molecule has 0 saturated carbocycles. The molecule has 1 atom stereocenters. The third kappa shape index (κ3) is 4.41. The molecule has 7 heteroatoms. The van der Waals surface area contributed by atoms with Crippen LogP contribution in [0.15, 0.2) is 36.9 Å². The van der Waals surface area contributed by atoms with E-state index in [0.717, 1.165) is 36.1 Å². The van der Waals surface area contributed by atoms with Gasteiger partial charge in [-0.1, -0.05) is 18.2 Å². The molecule has 2 aliphatic rings. The van der Waals surface area contributed by atoms with Crippen molar-refractivity contribution in [1.82, 2.24) is 20.0 Å². The van der Waals surface area contributed by atoms with E-state index in [0.29, 0.717) is 45.1 Å². The summed E-state index contributed by atoms with van der Waals surface area (Å²) in [5, 5.41) is 8.18. The highest BCUT2D eigenvalue weighted by Gasteiger charge is 2.31. The van der Waals surface area contributed by atoms with Crippen LogP contribution in [-0.4, -0.2) is 52.9 Å². The number of carbonyl (C=O) groups excluding carboxylic acids is 1. The lowest BCUT2D eigenvalue weighted by atomic mass is 9.90. The highest BCUT2D eigenvalue weighted by molar-refractivity contribution is 5.94. The molecule has 154 valence electrons. The Labute approximate surface area is 170 Å².